The van der Waals surface area contributed by atoms with Gasteiger partial charge >= 0.3 is 0 Å². The van der Waals surface area contributed by atoms with Gasteiger partial charge in [0.25, 0.3) is 0 Å². The molecular weight excluding hydrogens is 298 g/mol. The van der Waals surface area contributed by atoms with E-state index in [1.165, 1.54) is 0 Å². The number of anilines is 1. The summed E-state index contributed by atoms with van der Waals surface area (Å²) in [7, 11) is 3.27. The fraction of sp³-hybridized carbons (Fsp3) is 0.667. The Morgan fingerprint density at radius 3 is 2.96 bits per heavy atom. The van der Waals surface area contributed by atoms with Crippen molar-refractivity contribution in [1.29, 1.82) is 0 Å². The van der Waals surface area contributed by atoms with Gasteiger partial charge in [-0.1, -0.05) is 0 Å². The normalized spacial score (nSPS) is 24.4. The lowest BCUT2D eigenvalue weighted by Crippen LogP contribution is -2.16. The molecular formula is C15H23N5O3. The summed E-state index contributed by atoms with van der Waals surface area (Å²) in [6.45, 7) is 2.84. The van der Waals surface area contributed by atoms with Crippen LogP contribution in [0, 0.1) is 5.92 Å². The molecule has 1 aliphatic rings. The Balaban J connectivity index is 1.93. The number of fused-ring (bicyclic) bond motifs is 1. The zero-order valence-corrected chi connectivity index (χ0v) is 13.7. The van der Waals surface area contributed by atoms with Gasteiger partial charge in [-0.2, -0.15) is 9.97 Å². The number of aromatic nitrogens is 4. The SMILES string of the molecule is COCCCC1CC(C)OC1n1cnc2c(OC)nc(N)nc21. The highest BCUT2D eigenvalue weighted by Gasteiger charge is 2.35. The lowest BCUT2D eigenvalue weighted by atomic mass is 9.98. The summed E-state index contributed by atoms with van der Waals surface area (Å²) in [4.78, 5) is 12.8. The highest BCUT2D eigenvalue weighted by Crippen LogP contribution is 2.39. The van der Waals surface area contributed by atoms with Crippen molar-refractivity contribution in [3.8, 4) is 5.88 Å². The molecule has 126 valence electrons. The summed E-state index contributed by atoms with van der Waals surface area (Å²) in [6, 6.07) is 0. The molecule has 3 atom stereocenters. The summed E-state index contributed by atoms with van der Waals surface area (Å²) in [6.07, 6.45) is 4.86. The number of ether oxygens (including phenoxy) is 3. The number of nitrogen functional groups attached to an aromatic ring is 1. The van der Waals surface area contributed by atoms with Crippen LogP contribution in [0.1, 0.15) is 32.4 Å². The minimum Gasteiger partial charge on any atom is -0.479 e. The summed E-state index contributed by atoms with van der Waals surface area (Å²) in [5, 5.41) is 0. The van der Waals surface area contributed by atoms with E-state index in [2.05, 4.69) is 21.9 Å². The Morgan fingerprint density at radius 1 is 1.39 bits per heavy atom. The van der Waals surface area contributed by atoms with Crippen molar-refractivity contribution in [2.24, 2.45) is 5.92 Å². The average molecular weight is 321 g/mol. The van der Waals surface area contributed by atoms with Crippen LogP contribution in [0.25, 0.3) is 11.2 Å². The van der Waals surface area contributed by atoms with Gasteiger partial charge in [0.05, 0.1) is 19.5 Å². The second kappa shape index (κ2) is 6.67. The average Bonchev–Trinajstić information content (AvgIpc) is 3.10. The van der Waals surface area contributed by atoms with Crippen molar-refractivity contribution in [2.75, 3.05) is 26.6 Å². The molecule has 3 heterocycles. The van der Waals surface area contributed by atoms with Crippen molar-refractivity contribution in [1.82, 2.24) is 19.5 Å². The van der Waals surface area contributed by atoms with Crippen molar-refractivity contribution in [2.45, 2.75) is 38.5 Å². The Bertz CT molecular complexity index is 674. The van der Waals surface area contributed by atoms with Crippen molar-refractivity contribution in [3.63, 3.8) is 0 Å². The molecule has 0 aromatic carbocycles. The Hall–Kier alpha value is -1.93. The van der Waals surface area contributed by atoms with E-state index < -0.39 is 0 Å². The number of nitrogens with zero attached hydrogens (tertiary/aromatic N) is 4. The fourth-order valence-corrected chi connectivity index (χ4v) is 3.23. The maximum atomic E-state index is 6.11. The number of hydrogen-bond donors (Lipinski definition) is 1. The molecule has 3 rings (SSSR count). The molecule has 3 unspecified atom stereocenters. The van der Waals surface area contributed by atoms with E-state index in [1.54, 1.807) is 20.5 Å². The predicted octanol–water partition coefficient (Wildman–Crippen LogP) is 1.77. The van der Waals surface area contributed by atoms with Gasteiger partial charge in [0.1, 0.15) is 6.23 Å². The van der Waals surface area contributed by atoms with Gasteiger partial charge in [0.15, 0.2) is 11.2 Å². The minimum absolute atomic E-state index is 0.106. The number of methoxy groups -OCH3 is 2. The molecule has 8 nitrogen and oxygen atoms in total. The number of rotatable bonds is 6. The Morgan fingerprint density at radius 2 is 2.22 bits per heavy atom. The van der Waals surface area contributed by atoms with Crippen LogP contribution in [-0.4, -0.2) is 46.4 Å². The number of imidazole rings is 1. The largest absolute Gasteiger partial charge is 0.479 e. The minimum atomic E-state index is -0.106. The number of nitrogens with two attached hydrogens (primary N) is 1. The van der Waals surface area contributed by atoms with Gasteiger partial charge in [-0.15, -0.1) is 0 Å². The van der Waals surface area contributed by atoms with Gasteiger partial charge in [-0.25, -0.2) is 4.98 Å². The van der Waals surface area contributed by atoms with Crippen LogP contribution in [0.5, 0.6) is 5.88 Å². The first-order chi connectivity index (χ1) is 11.1. The van der Waals surface area contributed by atoms with Crippen LogP contribution < -0.4 is 10.5 Å². The highest BCUT2D eigenvalue weighted by atomic mass is 16.5. The second-order valence-electron chi connectivity index (χ2n) is 5.88. The molecule has 0 aliphatic carbocycles. The van der Waals surface area contributed by atoms with Crippen LogP contribution in [-0.2, 0) is 9.47 Å². The molecule has 2 aromatic rings. The van der Waals surface area contributed by atoms with E-state index in [-0.39, 0.29) is 18.3 Å². The molecule has 0 bridgehead atoms. The molecule has 0 saturated carbocycles. The summed E-state index contributed by atoms with van der Waals surface area (Å²) in [5.74, 6) is 0.936. The second-order valence-corrected chi connectivity index (χ2v) is 5.88. The molecule has 1 saturated heterocycles. The quantitative estimate of drug-likeness (QED) is 0.810. The third-order valence-electron chi connectivity index (χ3n) is 4.21. The van der Waals surface area contributed by atoms with E-state index in [9.17, 15) is 0 Å². The Labute approximate surface area is 135 Å². The monoisotopic (exact) mass is 321 g/mol. The fourth-order valence-electron chi connectivity index (χ4n) is 3.23. The van der Waals surface area contributed by atoms with Crippen LogP contribution in [0.2, 0.25) is 0 Å². The third-order valence-corrected chi connectivity index (χ3v) is 4.21. The van der Waals surface area contributed by atoms with Gasteiger partial charge in [-0.3, -0.25) is 4.57 Å². The van der Waals surface area contributed by atoms with E-state index in [4.69, 9.17) is 19.9 Å². The lowest BCUT2D eigenvalue weighted by Gasteiger charge is -2.20. The number of hydrogen-bond acceptors (Lipinski definition) is 7. The highest BCUT2D eigenvalue weighted by molar-refractivity contribution is 5.77. The van der Waals surface area contributed by atoms with Crippen LogP contribution >= 0.6 is 0 Å². The Kier molecular flexibility index (Phi) is 4.63. The molecule has 8 heteroatoms. The smallest absolute Gasteiger partial charge is 0.246 e. The van der Waals surface area contributed by atoms with Crippen LogP contribution in [0.15, 0.2) is 6.33 Å². The van der Waals surface area contributed by atoms with Crippen LogP contribution in [0.3, 0.4) is 0 Å². The molecule has 0 amide bonds. The standard InChI is InChI=1S/C15H23N5O3/c1-9-7-10(5-4-6-21-2)14(23-9)20-8-17-11-12(20)18-15(16)19-13(11)22-3/h8-10,14H,4-7H2,1-3H3,(H2,16,18,19). The summed E-state index contributed by atoms with van der Waals surface area (Å²) >= 11 is 0. The van der Waals surface area contributed by atoms with E-state index in [1.807, 2.05) is 4.57 Å². The first-order valence-corrected chi connectivity index (χ1v) is 7.82. The van der Waals surface area contributed by atoms with Gasteiger partial charge in [0.2, 0.25) is 11.8 Å². The summed E-state index contributed by atoms with van der Waals surface area (Å²) in [5.41, 5.74) is 7.03. The third kappa shape index (κ3) is 3.09. The molecule has 1 fully saturated rings. The predicted molar refractivity (Wildman–Crippen MR) is 85.1 cm³/mol. The maximum absolute atomic E-state index is 6.11. The maximum Gasteiger partial charge on any atom is 0.246 e. The van der Waals surface area contributed by atoms with Crippen LogP contribution in [0.4, 0.5) is 5.95 Å². The molecule has 2 aromatic heterocycles. The molecule has 23 heavy (non-hydrogen) atoms. The topological polar surface area (TPSA) is 97.3 Å². The zero-order valence-electron chi connectivity index (χ0n) is 13.7. The van der Waals surface area contributed by atoms with Gasteiger partial charge in [-0.05, 0) is 26.2 Å². The van der Waals surface area contributed by atoms with E-state index in [0.717, 1.165) is 25.9 Å². The molecule has 1 aliphatic heterocycles. The van der Waals surface area contributed by atoms with Gasteiger partial charge in [0, 0.05) is 19.6 Å². The lowest BCUT2D eigenvalue weighted by molar-refractivity contribution is -0.00495. The molecule has 2 N–H and O–H groups in total. The van der Waals surface area contributed by atoms with E-state index in [0.29, 0.717) is 23.0 Å². The molecule has 0 radical (unpaired) electrons. The van der Waals surface area contributed by atoms with Gasteiger partial charge < -0.3 is 19.9 Å². The first-order valence-electron chi connectivity index (χ1n) is 7.82. The zero-order chi connectivity index (χ0) is 16.4. The first kappa shape index (κ1) is 15.9. The van der Waals surface area contributed by atoms with E-state index >= 15 is 0 Å². The van der Waals surface area contributed by atoms with Crippen molar-refractivity contribution >= 4 is 17.1 Å². The van der Waals surface area contributed by atoms with Crippen molar-refractivity contribution < 1.29 is 14.2 Å². The van der Waals surface area contributed by atoms with Crippen molar-refractivity contribution in [3.05, 3.63) is 6.33 Å². The summed E-state index contributed by atoms with van der Waals surface area (Å²) < 4.78 is 18.5. The molecule has 0 spiro atoms.